The van der Waals surface area contributed by atoms with Gasteiger partial charge in [0.25, 0.3) is 0 Å². The summed E-state index contributed by atoms with van der Waals surface area (Å²) in [7, 11) is -4.14. The van der Waals surface area contributed by atoms with E-state index in [0.717, 1.165) is 18.2 Å². The third-order valence-electron chi connectivity index (χ3n) is 2.54. The maximum absolute atomic E-state index is 13.2. The second-order valence-corrected chi connectivity index (χ2v) is 6.35. The molecular formula is C13H15FN2O4S. The Morgan fingerprint density at radius 2 is 2.10 bits per heavy atom. The first-order chi connectivity index (χ1) is 9.60. The van der Waals surface area contributed by atoms with Gasteiger partial charge in [0.15, 0.2) is 0 Å². The van der Waals surface area contributed by atoms with Crippen molar-refractivity contribution in [1.29, 1.82) is 0 Å². The predicted octanol–water partition coefficient (Wildman–Crippen LogP) is -0.288. The van der Waals surface area contributed by atoms with Gasteiger partial charge in [0, 0.05) is 5.56 Å². The van der Waals surface area contributed by atoms with Crippen LogP contribution in [0.2, 0.25) is 0 Å². The zero-order valence-corrected chi connectivity index (χ0v) is 12.3. The Bertz CT molecular complexity index is 717. The fourth-order valence-corrected chi connectivity index (χ4v) is 2.94. The van der Waals surface area contributed by atoms with Crippen LogP contribution in [0.3, 0.4) is 0 Å². The molecule has 0 saturated heterocycles. The summed E-state index contributed by atoms with van der Waals surface area (Å²) in [5.74, 6) is 3.05. The number of carbonyl (C=O) groups excluding carboxylic acids is 1. The number of aliphatic hydroxyl groups is 1. The molecule has 0 atom stereocenters. The highest BCUT2D eigenvalue weighted by Crippen LogP contribution is 2.18. The van der Waals surface area contributed by atoms with E-state index in [1.165, 1.54) is 13.8 Å². The molecule has 4 N–H and O–H groups in total. The van der Waals surface area contributed by atoms with Gasteiger partial charge in [0.05, 0.1) is 4.90 Å². The number of amides is 1. The van der Waals surface area contributed by atoms with Crippen LogP contribution in [0, 0.1) is 17.7 Å². The smallest absolute Gasteiger partial charge is 0.242 e. The van der Waals surface area contributed by atoms with Gasteiger partial charge in [-0.3, -0.25) is 4.79 Å². The summed E-state index contributed by atoms with van der Waals surface area (Å²) in [4.78, 5) is 10.9. The van der Waals surface area contributed by atoms with Gasteiger partial charge in [-0.25, -0.2) is 12.8 Å². The number of aliphatic hydroxyl groups excluding tert-OH is 1. The van der Waals surface area contributed by atoms with E-state index in [4.69, 9.17) is 10.8 Å². The molecule has 0 fully saturated rings. The van der Waals surface area contributed by atoms with E-state index in [0.29, 0.717) is 0 Å². The Balaban J connectivity index is 3.35. The van der Waals surface area contributed by atoms with Crippen molar-refractivity contribution >= 4 is 15.9 Å². The van der Waals surface area contributed by atoms with Crippen molar-refractivity contribution in [3.8, 4) is 11.8 Å². The zero-order chi connectivity index (χ0) is 16.3. The number of hydrogen-bond acceptors (Lipinski definition) is 4. The van der Waals surface area contributed by atoms with Gasteiger partial charge >= 0.3 is 0 Å². The topological polar surface area (TPSA) is 109 Å². The molecular weight excluding hydrogens is 299 g/mol. The fraction of sp³-hybridized carbons (Fsp3) is 0.308. The number of sulfonamides is 1. The third kappa shape index (κ3) is 4.26. The van der Waals surface area contributed by atoms with Crippen molar-refractivity contribution in [2.75, 3.05) is 6.61 Å². The van der Waals surface area contributed by atoms with E-state index in [1.807, 2.05) is 0 Å². The van der Waals surface area contributed by atoms with Gasteiger partial charge in [-0.05, 0) is 32.0 Å². The van der Waals surface area contributed by atoms with Gasteiger partial charge in [-0.2, -0.15) is 4.72 Å². The largest absolute Gasteiger partial charge is 0.384 e. The lowest BCUT2D eigenvalue weighted by Gasteiger charge is -2.22. The quantitative estimate of drug-likeness (QED) is 0.663. The minimum Gasteiger partial charge on any atom is -0.384 e. The van der Waals surface area contributed by atoms with Crippen molar-refractivity contribution in [2.45, 2.75) is 24.3 Å². The first kappa shape index (κ1) is 17.1. The van der Waals surface area contributed by atoms with Crippen molar-refractivity contribution in [3.63, 3.8) is 0 Å². The molecule has 0 aliphatic heterocycles. The van der Waals surface area contributed by atoms with E-state index in [2.05, 4.69) is 16.6 Å². The van der Waals surface area contributed by atoms with Gasteiger partial charge in [0.2, 0.25) is 15.9 Å². The molecule has 8 heteroatoms. The summed E-state index contributed by atoms with van der Waals surface area (Å²) in [5, 5.41) is 8.66. The standard InChI is InChI=1S/C13H15FN2O4S/c1-13(2,12(15)18)16-21(19,20)11-6-5-10(14)8-9(11)4-3-7-17/h5-6,8,16-17H,7H2,1-2H3,(H2,15,18). The Morgan fingerprint density at radius 3 is 2.62 bits per heavy atom. The second-order valence-electron chi connectivity index (χ2n) is 4.70. The number of nitrogens with two attached hydrogens (primary N) is 1. The molecule has 1 aromatic carbocycles. The highest BCUT2D eigenvalue weighted by molar-refractivity contribution is 7.89. The average molecular weight is 314 g/mol. The molecule has 0 heterocycles. The van der Waals surface area contributed by atoms with Crippen molar-refractivity contribution in [2.24, 2.45) is 5.73 Å². The summed E-state index contributed by atoms with van der Waals surface area (Å²) in [6, 6.07) is 2.90. The number of carbonyl (C=O) groups is 1. The van der Waals surface area contributed by atoms with E-state index in [-0.39, 0.29) is 10.5 Å². The monoisotopic (exact) mass is 314 g/mol. The predicted molar refractivity (Wildman–Crippen MR) is 74.0 cm³/mol. The summed E-state index contributed by atoms with van der Waals surface area (Å²) in [6.45, 7) is 2.10. The number of rotatable bonds is 4. The lowest BCUT2D eigenvalue weighted by molar-refractivity contribution is -0.122. The van der Waals surface area contributed by atoms with E-state index in [9.17, 15) is 17.6 Å². The Hall–Kier alpha value is -1.95. The number of hydrogen-bond donors (Lipinski definition) is 3. The molecule has 114 valence electrons. The molecule has 0 bridgehead atoms. The molecule has 1 rings (SSSR count). The molecule has 0 aliphatic rings. The van der Waals surface area contributed by atoms with Crippen molar-refractivity contribution < 1.29 is 22.7 Å². The van der Waals surface area contributed by atoms with E-state index >= 15 is 0 Å². The van der Waals surface area contributed by atoms with E-state index < -0.39 is 33.9 Å². The molecule has 1 aromatic rings. The Morgan fingerprint density at radius 1 is 1.48 bits per heavy atom. The first-order valence-corrected chi connectivity index (χ1v) is 7.31. The molecule has 0 unspecified atom stereocenters. The second kappa shape index (κ2) is 6.22. The third-order valence-corrected chi connectivity index (χ3v) is 4.25. The Labute approximate surface area is 122 Å². The zero-order valence-electron chi connectivity index (χ0n) is 11.5. The highest BCUT2D eigenvalue weighted by atomic mass is 32.2. The maximum Gasteiger partial charge on any atom is 0.242 e. The van der Waals surface area contributed by atoms with E-state index in [1.54, 1.807) is 0 Å². The Kier molecular flexibility index (Phi) is 5.06. The summed E-state index contributed by atoms with van der Waals surface area (Å²) in [5.41, 5.74) is 3.46. The van der Waals surface area contributed by atoms with Gasteiger partial charge in [-0.1, -0.05) is 11.8 Å². The van der Waals surface area contributed by atoms with Crippen molar-refractivity contribution in [1.82, 2.24) is 4.72 Å². The average Bonchev–Trinajstić information content (AvgIpc) is 2.34. The number of nitrogens with one attached hydrogen (secondary N) is 1. The number of primary amides is 1. The molecule has 21 heavy (non-hydrogen) atoms. The molecule has 0 saturated carbocycles. The highest BCUT2D eigenvalue weighted by Gasteiger charge is 2.32. The number of benzene rings is 1. The molecule has 1 amide bonds. The number of halogens is 1. The van der Waals surface area contributed by atoms with Crippen LogP contribution >= 0.6 is 0 Å². The summed E-state index contributed by atoms with van der Waals surface area (Å²) in [6.07, 6.45) is 0. The van der Waals surface area contributed by atoms with Crippen LogP contribution in [0.15, 0.2) is 23.1 Å². The molecule has 0 radical (unpaired) electrons. The van der Waals surface area contributed by atoms with Gasteiger partial charge in [0.1, 0.15) is 18.0 Å². The van der Waals surface area contributed by atoms with Crippen LogP contribution in [-0.2, 0) is 14.8 Å². The lowest BCUT2D eigenvalue weighted by Crippen LogP contribution is -2.52. The maximum atomic E-state index is 13.2. The summed E-state index contributed by atoms with van der Waals surface area (Å²) < 4.78 is 39.9. The molecule has 0 aromatic heterocycles. The fourth-order valence-electron chi connectivity index (χ4n) is 1.41. The van der Waals surface area contributed by atoms with Crippen LogP contribution in [0.4, 0.5) is 4.39 Å². The minimum atomic E-state index is -4.14. The van der Waals surface area contributed by atoms with Crippen LogP contribution in [0.25, 0.3) is 0 Å². The molecule has 0 spiro atoms. The van der Waals surface area contributed by atoms with Gasteiger partial charge in [-0.15, -0.1) is 0 Å². The normalized spacial score (nSPS) is 11.6. The van der Waals surface area contributed by atoms with Crippen LogP contribution in [0.1, 0.15) is 19.4 Å². The minimum absolute atomic E-state index is 0.128. The van der Waals surface area contributed by atoms with Crippen LogP contribution in [-0.4, -0.2) is 31.6 Å². The van der Waals surface area contributed by atoms with Crippen LogP contribution < -0.4 is 10.5 Å². The summed E-state index contributed by atoms with van der Waals surface area (Å²) >= 11 is 0. The first-order valence-electron chi connectivity index (χ1n) is 5.83. The molecule has 6 nitrogen and oxygen atoms in total. The SMILES string of the molecule is CC(C)(NS(=O)(=O)c1ccc(F)cc1C#CCO)C(N)=O. The van der Waals surface area contributed by atoms with Crippen molar-refractivity contribution in [3.05, 3.63) is 29.6 Å². The lowest BCUT2D eigenvalue weighted by atomic mass is 10.1. The van der Waals surface area contributed by atoms with Crippen LogP contribution in [0.5, 0.6) is 0 Å². The van der Waals surface area contributed by atoms with Gasteiger partial charge < -0.3 is 10.8 Å². The molecule has 0 aliphatic carbocycles.